The van der Waals surface area contributed by atoms with E-state index in [1.165, 1.54) is 0 Å². The Labute approximate surface area is 113 Å². The second-order valence-electron chi connectivity index (χ2n) is 3.93. The highest BCUT2D eigenvalue weighted by Gasteiger charge is 2.34. The van der Waals surface area contributed by atoms with Gasteiger partial charge in [0.25, 0.3) is 0 Å². The molecule has 0 N–H and O–H groups in total. The minimum atomic E-state index is -1.59. The predicted octanol–water partition coefficient (Wildman–Crippen LogP) is 4.76. The van der Waals surface area contributed by atoms with E-state index >= 15 is 0 Å². The van der Waals surface area contributed by atoms with Crippen molar-refractivity contribution in [3.8, 4) is 0 Å². The molecule has 0 saturated carbocycles. The lowest BCUT2D eigenvalue weighted by Crippen LogP contribution is -2.47. The summed E-state index contributed by atoms with van der Waals surface area (Å²) >= 11 is 18.3. The fraction of sp³-hybridized carbons (Fsp3) is 0.545. The molecule has 0 aliphatic heterocycles. The molecular weight excluding hydrogens is 281 g/mol. The number of pyridine rings is 1. The summed E-state index contributed by atoms with van der Waals surface area (Å²) in [4.78, 5) is 4.13. The van der Waals surface area contributed by atoms with Gasteiger partial charge < -0.3 is 0 Å². The van der Waals surface area contributed by atoms with E-state index in [0.717, 1.165) is 23.3 Å². The molecule has 1 aromatic heterocycles. The Morgan fingerprint density at radius 3 is 1.94 bits per heavy atom. The number of aromatic nitrogens is 1. The number of halogens is 3. The first-order valence-corrected chi connectivity index (χ1v) is 9.28. The maximum absolute atomic E-state index is 6.28. The minimum absolute atomic E-state index is 0.366. The zero-order chi connectivity index (χ0) is 12.3. The first kappa shape index (κ1) is 14.3. The van der Waals surface area contributed by atoms with Crippen LogP contribution in [0.5, 0.6) is 0 Å². The second kappa shape index (κ2) is 5.72. The summed E-state index contributed by atoms with van der Waals surface area (Å²) in [5.41, 5.74) is 0. The highest BCUT2D eigenvalue weighted by Crippen LogP contribution is 2.28. The normalized spacial score (nSPS) is 11.9. The molecule has 16 heavy (non-hydrogen) atoms. The van der Waals surface area contributed by atoms with Crippen LogP contribution in [-0.2, 0) is 0 Å². The molecule has 1 nitrogen and oxygen atoms in total. The molecule has 0 atom stereocenters. The van der Waals surface area contributed by atoms with Crippen LogP contribution in [-0.4, -0.2) is 13.1 Å². The van der Waals surface area contributed by atoms with E-state index in [0.29, 0.717) is 15.3 Å². The topological polar surface area (TPSA) is 12.9 Å². The first-order chi connectivity index (χ1) is 7.50. The van der Waals surface area contributed by atoms with Crippen molar-refractivity contribution in [2.24, 2.45) is 0 Å². The van der Waals surface area contributed by atoms with Gasteiger partial charge in [-0.1, -0.05) is 73.7 Å². The van der Waals surface area contributed by atoms with Gasteiger partial charge >= 0.3 is 0 Å². The summed E-state index contributed by atoms with van der Waals surface area (Å²) in [7, 11) is -1.59. The molecule has 0 saturated heterocycles. The molecule has 0 radical (unpaired) electrons. The minimum Gasteiger partial charge on any atom is -0.224 e. The van der Waals surface area contributed by atoms with E-state index in [1.807, 2.05) is 0 Å². The van der Waals surface area contributed by atoms with E-state index < -0.39 is 8.07 Å². The van der Waals surface area contributed by atoms with Crippen LogP contribution in [0, 0.1) is 0 Å². The van der Waals surface area contributed by atoms with Crippen molar-refractivity contribution < 1.29 is 0 Å². The maximum Gasteiger partial charge on any atom is 0.132 e. The van der Waals surface area contributed by atoms with Gasteiger partial charge in [-0.05, 0) is 11.3 Å². The number of nitrogens with zero attached hydrogens (tertiary/aromatic N) is 1. The fourth-order valence-corrected chi connectivity index (χ4v) is 7.77. The van der Waals surface area contributed by atoms with Gasteiger partial charge in [-0.3, -0.25) is 0 Å². The molecular formula is C11H16Cl3NSi. The SMILES string of the molecule is CC[Si](CC)(CC)c1c(Cl)cc(Cl)nc1Cl. The first-order valence-electron chi connectivity index (χ1n) is 5.52. The molecule has 1 rings (SSSR count). The van der Waals surface area contributed by atoms with Crippen LogP contribution in [0.25, 0.3) is 0 Å². The van der Waals surface area contributed by atoms with Crippen molar-refractivity contribution in [2.45, 2.75) is 38.9 Å². The molecule has 0 aliphatic rings. The lowest BCUT2D eigenvalue weighted by Gasteiger charge is -2.30. The smallest absolute Gasteiger partial charge is 0.132 e. The van der Waals surface area contributed by atoms with Gasteiger partial charge in [-0.15, -0.1) is 0 Å². The van der Waals surface area contributed by atoms with E-state index in [1.54, 1.807) is 6.07 Å². The molecule has 0 unspecified atom stereocenters. The van der Waals surface area contributed by atoms with Gasteiger partial charge in [0.1, 0.15) is 10.3 Å². The van der Waals surface area contributed by atoms with Crippen molar-refractivity contribution in [1.82, 2.24) is 4.98 Å². The molecule has 1 heterocycles. The Hall–Kier alpha value is 0.237. The molecule has 0 fully saturated rings. The summed E-state index contributed by atoms with van der Waals surface area (Å²) in [6.07, 6.45) is 0. The van der Waals surface area contributed by atoms with Crippen LogP contribution >= 0.6 is 34.8 Å². The number of hydrogen-bond donors (Lipinski definition) is 0. The Bertz CT molecular complexity index is 346. The van der Waals surface area contributed by atoms with Crippen LogP contribution in [0.4, 0.5) is 0 Å². The highest BCUT2D eigenvalue weighted by atomic mass is 35.5. The summed E-state index contributed by atoms with van der Waals surface area (Å²) in [5.74, 6) is 0. The molecule has 0 amide bonds. The Morgan fingerprint density at radius 1 is 1.06 bits per heavy atom. The average Bonchev–Trinajstić information content (AvgIpc) is 2.23. The Kier molecular flexibility index (Phi) is 5.11. The van der Waals surface area contributed by atoms with Gasteiger partial charge in [0.2, 0.25) is 0 Å². The Morgan fingerprint density at radius 2 is 1.56 bits per heavy atom. The third-order valence-corrected chi connectivity index (χ3v) is 10.2. The van der Waals surface area contributed by atoms with E-state index in [4.69, 9.17) is 34.8 Å². The van der Waals surface area contributed by atoms with Gasteiger partial charge in [0.05, 0.1) is 8.07 Å². The zero-order valence-electron chi connectivity index (χ0n) is 9.78. The summed E-state index contributed by atoms with van der Waals surface area (Å²) in [6.45, 7) is 6.63. The van der Waals surface area contributed by atoms with E-state index in [-0.39, 0.29) is 0 Å². The van der Waals surface area contributed by atoms with Gasteiger partial charge in [-0.2, -0.15) is 0 Å². The predicted molar refractivity (Wildman–Crippen MR) is 76.1 cm³/mol. The second-order valence-corrected chi connectivity index (χ2v) is 10.3. The molecule has 90 valence electrons. The van der Waals surface area contributed by atoms with E-state index in [9.17, 15) is 0 Å². The van der Waals surface area contributed by atoms with Gasteiger partial charge in [-0.25, -0.2) is 4.98 Å². The van der Waals surface area contributed by atoms with Crippen LogP contribution < -0.4 is 5.19 Å². The fourth-order valence-electron chi connectivity index (χ4n) is 2.21. The van der Waals surface area contributed by atoms with Crippen LogP contribution in [0.2, 0.25) is 33.5 Å². The summed E-state index contributed by atoms with van der Waals surface area (Å²) in [5, 5.41) is 2.62. The standard InChI is InChI=1S/C11H16Cl3NSi/c1-4-16(5-2,6-3)10-8(12)7-9(13)15-11(10)14/h7H,4-6H2,1-3H3. The quantitative estimate of drug-likeness (QED) is 0.577. The lowest BCUT2D eigenvalue weighted by atomic mass is 10.5. The molecule has 0 spiro atoms. The van der Waals surface area contributed by atoms with Crippen LogP contribution in [0.1, 0.15) is 20.8 Å². The summed E-state index contributed by atoms with van der Waals surface area (Å²) < 4.78 is 0. The van der Waals surface area contributed by atoms with Gasteiger partial charge in [0.15, 0.2) is 0 Å². The Balaban J connectivity index is 3.40. The van der Waals surface area contributed by atoms with Crippen LogP contribution in [0.3, 0.4) is 0 Å². The number of rotatable bonds is 4. The molecule has 0 aliphatic carbocycles. The highest BCUT2D eigenvalue weighted by molar-refractivity contribution is 6.94. The maximum atomic E-state index is 6.28. The van der Waals surface area contributed by atoms with Crippen molar-refractivity contribution in [3.63, 3.8) is 0 Å². The molecule has 5 heteroatoms. The molecule has 1 aromatic rings. The lowest BCUT2D eigenvalue weighted by molar-refractivity contribution is 1.19. The van der Waals surface area contributed by atoms with Crippen molar-refractivity contribution in [3.05, 3.63) is 21.4 Å². The van der Waals surface area contributed by atoms with Crippen molar-refractivity contribution in [1.29, 1.82) is 0 Å². The third kappa shape index (κ3) is 2.56. The zero-order valence-corrected chi connectivity index (χ0v) is 13.0. The van der Waals surface area contributed by atoms with E-state index in [2.05, 4.69) is 25.8 Å². The summed E-state index contributed by atoms with van der Waals surface area (Å²) in [6, 6.07) is 5.08. The molecule has 0 bridgehead atoms. The largest absolute Gasteiger partial charge is 0.224 e. The van der Waals surface area contributed by atoms with Crippen molar-refractivity contribution >= 4 is 48.1 Å². The third-order valence-electron chi connectivity index (χ3n) is 3.46. The monoisotopic (exact) mass is 295 g/mol. The van der Waals surface area contributed by atoms with Crippen molar-refractivity contribution in [2.75, 3.05) is 0 Å². The average molecular weight is 297 g/mol. The molecule has 0 aromatic carbocycles. The van der Waals surface area contributed by atoms with Gasteiger partial charge in [0, 0.05) is 5.02 Å². The number of hydrogen-bond acceptors (Lipinski definition) is 1. The van der Waals surface area contributed by atoms with Crippen LogP contribution in [0.15, 0.2) is 6.07 Å².